The maximum absolute atomic E-state index is 13.0. The van der Waals surface area contributed by atoms with Gasteiger partial charge in [0, 0.05) is 39.9 Å². The number of carbonyl (C=O) groups excluding carboxylic acids is 2. The Balaban J connectivity index is 1.91. The van der Waals surface area contributed by atoms with Crippen LogP contribution < -0.4 is 10.6 Å². The first-order chi connectivity index (χ1) is 11.6. The SMILES string of the molecule is COCCCNC(=O)C[C@H]1C(=O)NCCN1Cc1ccc(F)cc1. The van der Waals surface area contributed by atoms with Gasteiger partial charge in [-0.15, -0.1) is 0 Å². The maximum atomic E-state index is 13.0. The highest BCUT2D eigenvalue weighted by Gasteiger charge is 2.31. The number of methoxy groups -OCH3 is 1. The van der Waals surface area contributed by atoms with E-state index in [1.165, 1.54) is 12.1 Å². The molecule has 0 saturated carbocycles. The molecule has 24 heavy (non-hydrogen) atoms. The molecule has 0 spiro atoms. The Morgan fingerprint density at radius 1 is 1.42 bits per heavy atom. The molecule has 0 bridgehead atoms. The first-order valence-corrected chi connectivity index (χ1v) is 8.12. The van der Waals surface area contributed by atoms with E-state index in [2.05, 4.69) is 10.6 Å². The third-order valence-electron chi connectivity index (χ3n) is 3.97. The molecule has 0 aromatic heterocycles. The largest absolute Gasteiger partial charge is 0.385 e. The molecular formula is C17H24FN3O3. The van der Waals surface area contributed by atoms with Gasteiger partial charge >= 0.3 is 0 Å². The van der Waals surface area contributed by atoms with Crippen molar-refractivity contribution in [3.63, 3.8) is 0 Å². The number of benzene rings is 1. The van der Waals surface area contributed by atoms with Crippen LogP contribution in [-0.2, 0) is 20.9 Å². The molecule has 1 aliphatic heterocycles. The predicted octanol–water partition coefficient (Wildman–Crippen LogP) is 0.669. The minimum absolute atomic E-state index is 0.111. The molecule has 1 fully saturated rings. The summed E-state index contributed by atoms with van der Waals surface area (Å²) in [5.41, 5.74) is 0.914. The molecule has 2 amide bonds. The van der Waals surface area contributed by atoms with Crippen LogP contribution in [0.5, 0.6) is 0 Å². The van der Waals surface area contributed by atoms with Crippen molar-refractivity contribution in [2.75, 3.05) is 33.4 Å². The molecule has 0 unspecified atom stereocenters. The van der Waals surface area contributed by atoms with E-state index in [9.17, 15) is 14.0 Å². The van der Waals surface area contributed by atoms with Crippen LogP contribution in [-0.4, -0.2) is 56.1 Å². The highest BCUT2D eigenvalue weighted by Crippen LogP contribution is 2.14. The summed E-state index contributed by atoms with van der Waals surface area (Å²) in [5, 5.41) is 5.60. The molecule has 0 aliphatic carbocycles. The van der Waals surface area contributed by atoms with Gasteiger partial charge < -0.3 is 15.4 Å². The number of ether oxygens (including phenoxy) is 1. The molecule has 1 aromatic rings. The summed E-state index contributed by atoms with van der Waals surface area (Å²) in [7, 11) is 1.61. The summed E-state index contributed by atoms with van der Waals surface area (Å²) in [6.07, 6.45) is 0.846. The average Bonchev–Trinajstić information content (AvgIpc) is 2.57. The second-order valence-corrected chi connectivity index (χ2v) is 5.80. The minimum atomic E-state index is -0.508. The molecule has 1 atom stereocenters. The normalized spacial score (nSPS) is 18.2. The lowest BCUT2D eigenvalue weighted by Gasteiger charge is -2.34. The van der Waals surface area contributed by atoms with E-state index < -0.39 is 6.04 Å². The van der Waals surface area contributed by atoms with E-state index >= 15 is 0 Å². The van der Waals surface area contributed by atoms with E-state index in [0.717, 1.165) is 12.0 Å². The molecule has 2 N–H and O–H groups in total. The van der Waals surface area contributed by atoms with Gasteiger partial charge in [-0.1, -0.05) is 12.1 Å². The highest BCUT2D eigenvalue weighted by molar-refractivity contribution is 5.88. The van der Waals surface area contributed by atoms with Crippen LogP contribution in [0.2, 0.25) is 0 Å². The molecule has 7 heteroatoms. The molecule has 132 valence electrons. The summed E-state index contributed by atoms with van der Waals surface area (Å²) in [4.78, 5) is 26.2. The van der Waals surface area contributed by atoms with E-state index in [0.29, 0.717) is 32.8 Å². The quantitative estimate of drug-likeness (QED) is 0.684. The number of rotatable bonds is 8. The van der Waals surface area contributed by atoms with Crippen LogP contribution in [0.3, 0.4) is 0 Å². The summed E-state index contributed by atoms with van der Waals surface area (Å²) >= 11 is 0. The van der Waals surface area contributed by atoms with Crippen molar-refractivity contribution in [3.05, 3.63) is 35.6 Å². The van der Waals surface area contributed by atoms with Crippen LogP contribution in [0, 0.1) is 5.82 Å². The van der Waals surface area contributed by atoms with Gasteiger partial charge in [0.25, 0.3) is 0 Å². The average molecular weight is 337 g/mol. The van der Waals surface area contributed by atoms with Gasteiger partial charge in [0.2, 0.25) is 11.8 Å². The van der Waals surface area contributed by atoms with E-state index in [4.69, 9.17) is 4.74 Å². The third kappa shape index (κ3) is 5.58. The summed E-state index contributed by atoms with van der Waals surface area (Å²) in [6.45, 7) is 2.83. The lowest BCUT2D eigenvalue weighted by molar-refractivity contribution is -0.134. The van der Waals surface area contributed by atoms with Crippen molar-refractivity contribution in [1.29, 1.82) is 0 Å². The van der Waals surface area contributed by atoms with E-state index in [-0.39, 0.29) is 24.1 Å². The lowest BCUT2D eigenvalue weighted by atomic mass is 10.1. The number of hydrogen-bond donors (Lipinski definition) is 2. The van der Waals surface area contributed by atoms with Crippen molar-refractivity contribution < 1.29 is 18.7 Å². The number of nitrogens with one attached hydrogen (secondary N) is 2. The van der Waals surface area contributed by atoms with E-state index in [1.807, 2.05) is 4.90 Å². The zero-order chi connectivity index (χ0) is 17.4. The van der Waals surface area contributed by atoms with Gasteiger partial charge in [-0.05, 0) is 24.1 Å². The van der Waals surface area contributed by atoms with Gasteiger partial charge in [-0.3, -0.25) is 14.5 Å². The molecule has 0 radical (unpaired) electrons. The Labute approximate surface area is 141 Å². The highest BCUT2D eigenvalue weighted by atomic mass is 19.1. The van der Waals surface area contributed by atoms with Gasteiger partial charge in [0.05, 0.1) is 12.5 Å². The van der Waals surface area contributed by atoms with Crippen molar-refractivity contribution in [2.24, 2.45) is 0 Å². The molecule has 1 heterocycles. The fraction of sp³-hybridized carbons (Fsp3) is 0.529. The minimum Gasteiger partial charge on any atom is -0.385 e. The van der Waals surface area contributed by atoms with Crippen LogP contribution in [0.1, 0.15) is 18.4 Å². The Morgan fingerprint density at radius 2 is 2.17 bits per heavy atom. The summed E-state index contributed by atoms with van der Waals surface area (Å²) in [5.74, 6) is -0.588. The van der Waals surface area contributed by atoms with Gasteiger partial charge in [0.15, 0.2) is 0 Å². The molecular weight excluding hydrogens is 313 g/mol. The zero-order valence-electron chi connectivity index (χ0n) is 13.9. The molecule has 1 aromatic carbocycles. The maximum Gasteiger partial charge on any atom is 0.237 e. The summed E-state index contributed by atoms with van der Waals surface area (Å²) < 4.78 is 17.9. The first-order valence-electron chi connectivity index (χ1n) is 8.12. The number of carbonyl (C=O) groups is 2. The van der Waals surface area contributed by atoms with Crippen molar-refractivity contribution in [2.45, 2.75) is 25.4 Å². The summed E-state index contributed by atoms with van der Waals surface area (Å²) in [6, 6.07) is 5.69. The number of halogens is 1. The Morgan fingerprint density at radius 3 is 2.88 bits per heavy atom. The Bertz CT molecular complexity index is 551. The van der Waals surface area contributed by atoms with Gasteiger partial charge in [-0.2, -0.15) is 0 Å². The van der Waals surface area contributed by atoms with E-state index in [1.54, 1.807) is 19.2 Å². The van der Waals surface area contributed by atoms with Crippen molar-refractivity contribution >= 4 is 11.8 Å². The Kier molecular flexibility index (Phi) is 7.14. The number of amides is 2. The van der Waals surface area contributed by atoms with Crippen LogP contribution >= 0.6 is 0 Å². The predicted molar refractivity (Wildman–Crippen MR) is 87.7 cm³/mol. The standard InChI is InChI=1S/C17H24FN3O3/c1-24-10-2-7-19-16(22)11-15-17(23)20-8-9-21(15)12-13-3-5-14(18)6-4-13/h3-6,15H,2,7-12H2,1H3,(H,19,22)(H,20,23)/t15-/m0/s1. The monoisotopic (exact) mass is 337 g/mol. The van der Waals surface area contributed by atoms with Crippen molar-refractivity contribution in [3.8, 4) is 0 Å². The Hall–Kier alpha value is -1.99. The smallest absolute Gasteiger partial charge is 0.237 e. The first kappa shape index (κ1) is 18.4. The van der Waals surface area contributed by atoms with Gasteiger partial charge in [-0.25, -0.2) is 4.39 Å². The number of piperazine rings is 1. The fourth-order valence-corrected chi connectivity index (χ4v) is 2.69. The fourth-order valence-electron chi connectivity index (χ4n) is 2.69. The zero-order valence-corrected chi connectivity index (χ0v) is 13.9. The second-order valence-electron chi connectivity index (χ2n) is 5.80. The van der Waals surface area contributed by atoms with Crippen LogP contribution in [0.15, 0.2) is 24.3 Å². The molecule has 2 rings (SSSR count). The molecule has 1 saturated heterocycles. The van der Waals surface area contributed by atoms with Crippen molar-refractivity contribution in [1.82, 2.24) is 15.5 Å². The van der Waals surface area contributed by atoms with Crippen LogP contribution in [0.25, 0.3) is 0 Å². The molecule has 6 nitrogen and oxygen atoms in total. The lowest BCUT2D eigenvalue weighted by Crippen LogP contribution is -2.56. The second kappa shape index (κ2) is 9.34. The topological polar surface area (TPSA) is 70.7 Å². The number of nitrogens with zero attached hydrogens (tertiary/aromatic N) is 1. The third-order valence-corrected chi connectivity index (χ3v) is 3.97. The van der Waals surface area contributed by atoms with Gasteiger partial charge in [0.1, 0.15) is 5.82 Å². The molecule has 1 aliphatic rings. The number of hydrogen-bond acceptors (Lipinski definition) is 4. The van der Waals surface area contributed by atoms with Crippen LogP contribution in [0.4, 0.5) is 4.39 Å².